The van der Waals surface area contributed by atoms with Crippen molar-refractivity contribution in [2.45, 2.75) is 30.6 Å². The molecule has 0 fully saturated rings. The Kier molecular flexibility index (Phi) is 6.62. The van der Waals surface area contributed by atoms with Crippen LogP contribution in [0.2, 0.25) is 0 Å². The molecule has 146 valence electrons. The number of carbonyl (C=O) groups excluding carboxylic acids is 2. The minimum Gasteiger partial charge on any atom is -0.318 e. The summed E-state index contributed by atoms with van der Waals surface area (Å²) in [4.78, 5) is 31.4. The molecule has 3 rings (SSSR count). The van der Waals surface area contributed by atoms with Crippen molar-refractivity contribution in [1.29, 1.82) is 0 Å². The summed E-state index contributed by atoms with van der Waals surface area (Å²) in [5.74, 6) is -0.869. The molecule has 29 heavy (non-hydrogen) atoms. The quantitative estimate of drug-likeness (QED) is 0.232. The van der Waals surface area contributed by atoms with Crippen LogP contribution in [-0.2, 0) is 9.63 Å². The van der Waals surface area contributed by atoms with Crippen molar-refractivity contribution < 1.29 is 14.4 Å². The molecule has 0 atom stereocenters. The summed E-state index contributed by atoms with van der Waals surface area (Å²) in [7, 11) is 0. The van der Waals surface area contributed by atoms with Gasteiger partial charge >= 0.3 is 5.97 Å². The van der Waals surface area contributed by atoms with Crippen molar-refractivity contribution in [1.82, 2.24) is 0 Å². The second-order valence-electron chi connectivity index (χ2n) is 6.61. The molecule has 0 aliphatic rings. The molecule has 0 spiro atoms. The summed E-state index contributed by atoms with van der Waals surface area (Å²) in [5, 5.41) is 3.87. The van der Waals surface area contributed by atoms with E-state index in [1.54, 1.807) is 23.9 Å². The Bertz CT molecular complexity index is 1060. The molecule has 3 aromatic carbocycles. The number of Topliss-reactive ketones (excluding diaryl/α,β-unsaturated/α-hetero) is 1. The van der Waals surface area contributed by atoms with Gasteiger partial charge in [0.2, 0.25) is 5.78 Å². The molecular formula is C24H21NO3S. The van der Waals surface area contributed by atoms with E-state index >= 15 is 0 Å². The number of carbonyl (C=O) groups is 2. The first-order chi connectivity index (χ1) is 13.9. The molecule has 0 radical (unpaired) electrons. The zero-order valence-corrected chi connectivity index (χ0v) is 17.3. The van der Waals surface area contributed by atoms with Gasteiger partial charge in [-0.1, -0.05) is 52.8 Å². The maximum atomic E-state index is 13.2. The highest BCUT2D eigenvalue weighted by molar-refractivity contribution is 7.99. The van der Waals surface area contributed by atoms with Crippen molar-refractivity contribution in [2.75, 3.05) is 0 Å². The van der Waals surface area contributed by atoms with Gasteiger partial charge in [-0.3, -0.25) is 4.79 Å². The number of nitrogens with zero attached hydrogens (tertiary/aromatic N) is 1. The van der Waals surface area contributed by atoms with E-state index < -0.39 is 5.97 Å². The van der Waals surface area contributed by atoms with Crippen LogP contribution in [0.4, 0.5) is 0 Å². The summed E-state index contributed by atoms with van der Waals surface area (Å²) in [6, 6.07) is 23.1. The fourth-order valence-electron chi connectivity index (χ4n) is 2.75. The third-order valence-corrected chi connectivity index (χ3v) is 5.24. The molecule has 0 aliphatic heterocycles. The summed E-state index contributed by atoms with van der Waals surface area (Å²) in [6.45, 7) is 5.09. The number of aryl methyl sites for hydroxylation is 2. The van der Waals surface area contributed by atoms with Crippen LogP contribution in [0.25, 0.3) is 0 Å². The Morgan fingerprint density at radius 2 is 1.52 bits per heavy atom. The third-order valence-electron chi connectivity index (χ3n) is 4.22. The SMILES string of the molecule is CC(=O)O/N=C(/C(=O)c1ccc(Sc2ccccc2)cc1)c1cc(C)ccc1C. The lowest BCUT2D eigenvalue weighted by Crippen LogP contribution is -2.18. The van der Waals surface area contributed by atoms with Gasteiger partial charge in [-0.2, -0.15) is 0 Å². The Morgan fingerprint density at radius 1 is 0.862 bits per heavy atom. The predicted octanol–water partition coefficient (Wildman–Crippen LogP) is 5.60. The zero-order chi connectivity index (χ0) is 20.8. The van der Waals surface area contributed by atoms with Crippen LogP contribution in [0, 0.1) is 13.8 Å². The third kappa shape index (κ3) is 5.42. The van der Waals surface area contributed by atoms with Crippen molar-refractivity contribution in [3.05, 3.63) is 95.1 Å². The van der Waals surface area contributed by atoms with Gasteiger partial charge in [-0.05, 0) is 61.9 Å². The van der Waals surface area contributed by atoms with Crippen LogP contribution in [0.15, 0.2) is 87.7 Å². The maximum absolute atomic E-state index is 13.2. The Labute approximate surface area is 174 Å². The van der Waals surface area contributed by atoms with Crippen LogP contribution in [0.5, 0.6) is 0 Å². The molecular weight excluding hydrogens is 382 g/mol. The smallest absolute Gasteiger partial charge is 0.318 e. The number of rotatable bonds is 6. The fourth-order valence-corrected chi connectivity index (χ4v) is 3.59. The Morgan fingerprint density at radius 3 is 2.17 bits per heavy atom. The summed E-state index contributed by atoms with van der Waals surface area (Å²) in [5.41, 5.74) is 3.12. The minimum atomic E-state index is -0.574. The maximum Gasteiger partial charge on any atom is 0.332 e. The highest BCUT2D eigenvalue weighted by atomic mass is 32.2. The molecule has 0 N–H and O–H groups in total. The number of oxime groups is 1. The molecule has 0 amide bonds. The van der Waals surface area contributed by atoms with Crippen LogP contribution in [-0.4, -0.2) is 17.5 Å². The highest BCUT2D eigenvalue weighted by Gasteiger charge is 2.20. The standard InChI is InChI=1S/C24H21NO3S/c1-16-9-10-17(2)22(15-16)23(25-28-18(3)26)24(27)19-11-13-21(14-12-19)29-20-7-5-4-6-8-20/h4-15H,1-3H3/b25-23+. The number of benzene rings is 3. The molecule has 5 heteroatoms. The summed E-state index contributed by atoms with van der Waals surface area (Å²) >= 11 is 1.62. The minimum absolute atomic E-state index is 0.116. The van der Waals surface area contributed by atoms with E-state index in [0.717, 1.165) is 20.9 Å². The summed E-state index contributed by atoms with van der Waals surface area (Å²) in [6.07, 6.45) is 0. The van der Waals surface area contributed by atoms with Crippen LogP contribution >= 0.6 is 11.8 Å². The monoisotopic (exact) mass is 403 g/mol. The van der Waals surface area contributed by atoms with E-state index in [4.69, 9.17) is 4.84 Å². The average Bonchev–Trinajstić information content (AvgIpc) is 2.71. The van der Waals surface area contributed by atoms with E-state index in [1.807, 2.05) is 74.5 Å². The van der Waals surface area contributed by atoms with Gasteiger partial charge in [-0.15, -0.1) is 0 Å². The Hall–Kier alpha value is -3.18. The molecule has 0 saturated carbocycles. The van der Waals surface area contributed by atoms with Gasteiger partial charge < -0.3 is 4.84 Å². The lowest BCUT2D eigenvalue weighted by molar-refractivity contribution is -0.140. The molecule has 0 bridgehead atoms. The van der Waals surface area contributed by atoms with E-state index in [0.29, 0.717) is 11.1 Å². The lowest BCUT2D eigenvalue weighted by atomic mass is 9.96. The van der Waals surface area contributed by atoms with Gasteiger partial charge in [0.25, 0.3) is 0 Å². The normalized spacial score (nSPS) is 11.2. The van der Waals surface area contributed by atoms with E-state index in [2.05, 4.69) is 5.16 Å². The van der Waals surface area contributed by atoms with Gasteiger partial charge in [0.05, 0.1) is 0 Å². The predicted molar refractivity (Wildman–Crippen MR) is 116 cm³/mol. The van der Waals surface area contributed by atoms with Gasteiger partial charge in [0.15, 0.2) is 5.71 Å². The lowest BCUT2D eigenvalue weighted by Gasteiger charge is -2.10. The first kappa shape index (κ1) is 20.6. The first-order valence-electron chi connectivity index (χ1n) is 9.15. The summed E-state index contributed by atoms with van der Waals surface area (Å²) < 4.78 is 0. The molecule has 0 aliphatic carbocycles. The first-order valence-corrected chi connectivity index (χ1v) is 9.96. The largest absolute Gasteiger partial charge is 0.332 e. The topological polar surface area (TPSA) is 55.7 Å². The van der Waals surface area contributed by atoms with Gasteiger partial charge in [0.1, 0.15) is 0 Å². The molecule has 0 aromatic heterocycles. The zero-order valence-electron chi connectivity index (χ0n) is 16.5. The van der Waals surface area contributed by atoms with Crippen molar-refractivity contribution in [3.8, 4) is 0 Å². The number of ketones is 1. The Balaban J connectivity index is 1.90. The second-order valence-corrected chi connectivity index (χ2v) is 7.76. The van der Waals surface area contributed by atoms with Crippen LogP contribution in [0.3, 0.4) is 0 Å². The molecule has 4 nitrogen and oxygen atoms in total. The van der Waals surface area contributed by atoms with E-state index in [9.17, 15) is 9.59 Å². The molecule has 0 heterocycles. The van der Waals surface area contributed by atoms with Gasteiger partial charge in [0, 0.05) is 27.8 Å². The van der Waals surface area contributed by atoms with Gasteiger partial charge in [-0.25, -0.2) is 4.79 Å². The molecule has 0 saturated heterocycles. The highest BCUT2D eigenvalue weighted by Crippen LogP contribution is 2.27. The van der Waals surface area contributed by atoms with Crippen LogP contribution in [0.1, 0.15) is 34.0 Å². The fraction of sp³-hybridized carbons (Fsp3) is 0.125. The molecule has 3 aromatic rings. The molecule has 0 unspecified atom stereocenters. The van der Waals surface area contributed by atoms with Crippen molar-refractivity contribution in [3.63, 3.8) is 0 Å². The van der Waals surface area contributed by atoms with Crippen molar-refractivity contribution >= 4 is 29.2 Å². The number of hydrogen-bond acceptors (Lipinski definition) is 5. The second kappa shape index (κ2) is 9.34. The van der Waals surface area contributed by atoms with Crippen LogP contribution < -0.4 is 0 Å². The van der Waals surface area contributed by atoms with E-state index in [1.165, 1.54) is 6.92 Å². The number of hydrogen-bond donors (Lipinski definition) is 0. The van der Waals surface area contributed by atoms with Crippen molar-refractivity contribution in [2.24, 2.45) is 5.16 Å². The van der Waals surface area contributed by atoms with E-state index in [-0.39, 0.29) is 11.5 Å². The average molecular weight is 404 g/mol.